The summed E-state index contributed by atoms with van der Waals surface area (Å²) in [7, 11) is 0. The van der Waals surface area contributed by atoms with Gasteiger partial charge in [0.05, 0.1) is 0 Å². The molecule has 1 aromatic carbocycles. The van der Waals surface area contributed by atoms with Gasteiger partial charge in [0.1, 0.15) is 15.8 Å². The maximum atomic E-state index is 13.2. The fourth-order valence-electron chi connectivity index (χ4n) is 2.85. The van der Waals surface area contributed by atoms with E-state index in [0.29, 0.717) is 10.3 Å². The number of likely N-dealkylation sites (tertiary alicyclic amines) is 1. The Morgan fingerprint density at radius 1 is 1.33 bits per heavy atom. The van der Waals surface area contributed by atoms with Gasteiger partial charge in [0, 0.05) is 18.1 Å². The zero-order chi connectivity index (χ0) is 14.7. The van der Waals surface area contributed by atoms with Crippen LogP contribution in [0.4, 0.5) is 4.39 Å². The van der Waals surface area contributed by atoms with Crippen molar-refractivity contribution in [1.29, 1.82) is 0 Å². The first kappa shape index (κ1) is 14.9. The Morgan fingerprint density at radius 3 is 2.81 bits per heavy atom. The molecule has 3 nitrogen and oxygen atoms in total. The Hall–Kier alpha value is -1.04. The summed E-state index contributed by atoms with van der Waals surface area (Å²) in [6.45, 7) is 2.85. The predicted octanol–water partition coefficient (Wildman–Crippen LogP) is 3.79. The van der Waals surface area contributed by atoms with Crippen LogP contribution in [0.15, 0.2) is 24.3 Å². The number of halogens is 2. The van der Waals surface area contributed by atoms with E-state index in [4.69, 9.17) is 11.6 Å². The molecule has 0 radical (unpaired) electrons. The first-order valence-corrected chi connectivity index (χ1v) is 8.29. The van der Waals surface area contributed by atoms with Gasteiger partial charge in [-0.1, -0.05) is 28.2 Å². The molecule has 1 aromatic heterocycles. The molecule has 0 spiro atoms. The van der Waals surface area contributed by atoms with Crippen molar-refractivity contribution in [2.45, 2.75) is 25.8 Å². The summed E-state index contributed by atoms with van der Waals surface area (Å²) in [4.78, 5) is 2.37. The van der Waals surface area contributed by atoms with Crippen molar-refractivity contribution in [2.24, 2.45) is 5.92 Å². The van der Waals surface area contributed by atoms with Crippen molar-refractivity contribution in [3.63, 3.8) is 0 Å². The summed E-state index contributed by atoms with van der Waals surface area (Å²) in [5.41, 5.74) is 1.98. The molecule has 0 saturated carbocycles. The zero-order valence-electron chi connectivity index (χ0n) is 11.6. The molecular formula is C15H17ClFN3S. The molecule has 0 atom stereocenters. The molecule has 2 heterocycles. The predicted molar refractivity (Wildman–Crippen MR) is 83.0 cm³/mol. The Balaban J connectivity index is 1.50. The molecule has 0 aliphatic carbocycles. The van der Waals surface area contributed by atoms with Crippen molar-refractivity contribution >= 4 is 23.1 Å². The van der Waals surface area contributed by atoms with Crippen LogP contribution in [0.5, 0.6) is 0 Å². The SMILES string of the molecule is Fc1cccc(CC2CCN(Cc3nnsc3Cl)CC2)c1. The first-order valence-electron chi connectivity index (χ1n) is 7.14. The third kappa shape index (κ3) is 3.99. The highest BCUT2D eigenvalue weighted by molar-refractivity contribution is 7.10. The second kappa shape index (κ2) is 6.81. The van der Waals surface area contributed by atoms with Crippen molar-refractivity contribution in [1.82, 2.24) is 14.5 Å². The molecule has 0 unspecified atom stereocenters. The average molecular weight is 326 g/mol. The average Bonchev–Trinajstić information content (AvgIpc) is 2.87. The molecule has 112 valence electrons. The van der Waals surface area contributed by atoms with Gasteiger partial charge in [-0.15, -0.1) is 5.10 Å². The third-order valence-corrected chi connectivity index (χ3v) is 4.99. The zero-order valence-corrected chi connectivity index (χ0v) is 13.2. The fourth-order valence-corrected chi connectivity index (χ4v) is 3.46. The van der Waals surface area contributed by atoms with Crippen LogP contribution in [0, 0.1) is 11.7 Å². The minimum Gasteiger partial charge on any atom is -0.297 e. The molecule has 2 aromatic rings. The largest absolute Gasteiger partial charge is 0.297 e. The van der Waals surface area contributed by atoms with Crippen LogP contribution in [0.1, 0.15) is 24.1 Å². The van der Waals surface area contributed by atoms with Crippen LogP contribution in [-0.4, -0.2) is 27.6 Å². The van der Waals surface area contributed by atoms with E-state index < -0.39 is 0 Å². The molecule has 21 heavy (non-hydrogen) atoms. The van der Waals surface area contributed by atoms with E-state index in [9.17, 15) is 4.39 Å². The van der Waals surface area contributed by atoms with Crippen molar-refractivity contribution in [2.75, 3.05) is 13.1 Å². The maximum absolute atomic E-state index is 13.2. The van der Waals surface area contributed by atoms with Crippen LogP contribution < -0.4 is 0 Å². The summed E-state index contributed by atoms with van der Waals surface area (Å²) in [6.07, 6.45) is 3.22. The maximum Gasteiger partial charge on any atom is 0.138 e. The molecule has 1 aliphatic rings. The molecule has 0 N–H and O–H groups in total. The number of hydrogen-bond acceptors (Lipinski definition) is 4. The van der Waals surface area contributed by atoms with E-state index in [1.54, 1.807) is 12.1 Å². The summed E-state index contributed by atoms with van der Waals surface area (Å²) in [5, 5.41) is 4.06. The molecule has 1 saturated heterocycles. The number of rotatable bonds is 4. The second-order valence-corrected chi connectivity index (χ2v) is 6.90. The van der Waals surface area contributed by atoms with Gasteiger partial charge in [-0.3, -0.25) is 4.90 Å². The number of hydrogen-bond donors (Lipinski definition) is 0. The molecule has 0 bridgehead atoms. The lowest BCUT2D eigenvalue weighted by Crippen LogP contribution is -2.34. The number of nitrogens with zero attached hydrogens (tertiary/aromatic N) is 3. The van der Waals surface area contributed by atoms with Crippen molar-refractivity contribution < 1.29 is 4.39 Å². The smallest absolute Gasteiger partial charge is 0.138 e. The van der Waals surface area contributed by atoms with Crippen LogP contribution in [0.25, 0.3) is 0 Å². The van der Waals surface area contributed by atoms with Crippen LogP contribution in [0.2, 0.25) is 4.34 Å². The summed E-state index contributed by atoms with van der Waals surface area (Å²) in [6, 6.07) is 6.94. The quantitative estimate of drug-likeness (QED) is 0.856. The van der Waals surface area contributed by atoms with Gasteiger partial charge in [0.15, 0.2) is 0 Å². The van der Waals surface area contributed by atoms with Crippen LogP contribution in [-0.2, 0) is 13.0 Å². The van der Waals surface area contributed by atoms with Gasteiger partial charge in [-0.25, -0.2) is 4.39 Å². The highest BCUT2D eigenvalue weighted by atomic mass is 35.5. The Labute approximate surface area is 132 Å². The number of benzene rings is 1. The second-order valence-electron chi connectivity index (χ2n) is 5.55. The van der Waals surface area contributed by atoms with E-state index >= 15 is 0 Å². The topological polar surface area (TPSA) is 29.0 Å². The Kier molecular flexibility index (Phi) is 4.83. The van der Waals surface area contributed by atoms with Gasteiger partial charge in [-0.05, 0) is 56.0 Å². The number of piperidine rings is 1. The van der Waals surface area contributed by atoms with Crippen LogP contribution >= 0.6 is 23.1 Å². The Morgan fingerprint density at radius 2 is 2.14 bits per heavy atom. The normalized spacial score (nSPS) is 17.2. The lowest BCUT2D eigenvalue weighted by Gasteiger charge is -2.31. The van der Waals surface area contributed by atoms with Gasteiger partial charge in [-0.2, -0.15) is 0 Å². The van der Waals surface area contributed by atoms with Crippen molar-refractivity contribution in [3.8, 4) is 0 Å². The van der Waals surface area contributed by atoms with E-state index in [1.807, 2.05) is 6.07 Å². The molecule has 3 rings (SSSR count). The molecule has 6 heteroatoms. The summed E-state index contributed by atoms with van der Waals surface area (Å²) in [5.74, 6) is 0.489. The third-order valence-electron chi connectivity index (χ3n) is 4.00. The fraction of sp³-hybridized carbons (Fsp3) is 0.467. The lowest BCUT2D eigenvalue weighted by atomic mass is 9.90. The molecule has 1 aliphatic heterocycles. The van der Waals surface area contributed by atoms with Gasteiger partial charge >= 0.3 is 0 Å². The Bertz CT molecular complexity index is 596. The first-order chi connectivity index (χ1) is 10.2. The highest BCUT2D eigenvalue weighted by Crippen LogP contribution is 2.25. The van der Waals surface area contributed by atoms with E-state index in [0.717, 1.165) is 50.2 Å². The van der Waals surface area contributed by atoms with Gasteiger partial charge in [0.2, 0.25) is 0 Å². The van der Waals surface area contributed by atoms with Gasteiger partial charge < -0.3 is 0 Å². The molecular weight excluding hydrogens is 309 g/mol. The minimum atomic E-state index is -0.143. The monoisotopic (exact) mass is 325 g/mol. The highest BCUT2D eigenvalue weighted by Gasteiger charge is 2.21. The standard InChI is InChI=1S/C15H17ClFN3S/c16-15-14(18-19-21-15)10-20-6-4-11(5-7-20)8-12-2-1-3-13(17)9-12/h1-3,9,11H,4-8,10H2. The summed E-state index contributed by atoms with van der Waals surface area (Å²) < 4.78 is 17.8. The van der Waals surface area contributed by atoms with E-state index in [2.05, 4.69) is 14.5 Å². The molecule has 0 amide bonds. The van der Waals surface area contributed by atoms with Crippen LogP contribution in [0.3, 0.4) is 0 Å². The van der Waals surface area contributed by atoms with E-state index in [-0.39, 0.29) is 5.82 Å². The van der Waals surface area contributed by atoms with Crippen molar-refractivity contribution in [3.05, 3.63) is 45.7 Å². The minimum absolute atomic E-state index is 0.143. The number of aromatic nitrogens is 2. The lowest BCUT2D eigenvalue weighted by molar-refractivity contribution is 0.175. The summed E-state index contributed by atoms with van der Waals surface area (Å²) >= 11 is 7.28. The molecule has 1 fully saturated rings. The van der Waals surface area contributed by atoms with E-state index in [1.165, 1.54) is 17.6 Å². The van der Waals surface area contributed by atoms with Gasteiger partial charge in [0.25, 0.3) is 0 Å².